The molecule has 1 aromatic rings. The molecule has 0 aliphatic heterocycles. The van der Waals surface area contributed by atoms with E-state index in [1.54, 1.807) is 0 Å². The Bertz CT molecular complexity index is 386. The second-order valence-corrected chi connectivity index (χ2v) is 6.45. The molecule has 1 saturated carbocycles. The van der Waals surface area contributed by atoms with Gasteiger partial charge in [-0.25, -0.2) is 0 Å². The van der Waals surface area contributed by atoms with E-state index in [0.29, 0.717) is 11.8 Å². The summed E-state index contributed by atoms with van der Waals surface area (Å²) in [5.41, 5.74) is 1.37. The number of aliphatic hydroxyl groups excluding tert-OH is 1. The quantitative estimate of drug-likeness (QED) is 0.873. The summed E-state index contributed by atoms with van der Waals surface area (Å²) in [5.74, 6) is 1.89. The van der Waals surface area contributed by atoms with Crippen LogP contribution in [0.15, 0.2) is 24.3 Å². The highest BCUT2D eigenvalue weighted by atomic mass is 16.5. The molecule has 0 bridgehead atoms. The molecular weight excluding hydrogens is 248 g/mol. The van der Waals surface area contributed by atoms with E-state index in [0.717, 1.165) is 25.0 Å². The maximum atomic E-state index is 10.2. The number of unbranched alkanes of at least 4 members (excludes halogenated alkanes) is 1. The van der Waals surface area contributed by atoms with Gasteiger partial charge in [-0.3, -0.25) is 0 Å². The average Bonchev–Trinajstić information content (AvgIpc) is 2.42. The van der Waals surface area contributed by atoms with Crippen molar-refractivity contribution in [2.24, 2.45) is 11.8 Å². The van der Waals surface area contributed by atoms with Gasteiger partial charge >= 0.3 is 0 Å². The summed E-state index contributed by atoms with van der Waals surface area (Å²) < 4.78 is 6.04. The van der Waals surface area contributed by atoms with Gasteiger partial charge in [0, 0.05) is 0 Å². The largest absolute Gasteiger partial charge is 0.487 e. The van der Waals surface area contributed by atoms with E-state index in [1.165, 1.54) is 18.4 Å². The minimum atomic E-state index is -0.339. The topological polar surface area (TPSA) is 29.5 Å². The van der Waals surface area contributed by atoms with Crippen molar-refractivity contribution in [1.82, 2.24) is 0 Å². The molecule has 0 spiro atoms. The van der Waals surface area contributed by atoms with Gasteiger partial charge in [0.1, 0.15) is 11.9 Å². The Kier molecular flexibility index (Phi) is 5.47. The van der Waals surface area contributed by atoms with Crippen molar-refractivity contribution in [3.05, 3.63) is 29.8 Å². The van der Waals surface area contributed by atoms with E-state index in [-0.39, 0.29) is 12.2 Å². The van der Waals surface area contributed by atoms with Crippen molar-refractivity contribution >= 4 is 0 Å². The number of hydrogen-bond donors (Lipinski definition) is 1. The van der Waals surface area contributed by atoms with Crippen molar-refractivity contribution < 1.29 is 9.84 Å². The molecule has 2 heteroatoms. The standard InChI is InChI=1S/C18H28O2/c1-4-5-6-15-7-9-16(10-8-15)20-18-14(3)11-13(2)12-17(18)19/h7-10,13-14,17-19H,4-6,11-12H2,1-3H3. The summed E-state index contributed by atoms with van der Waals surface area (Å²) in [6.45, 7) is 6.60. The third kappa shape index (κ3) is 3.99. The van der Waals surface area contributed by atoms with Crippen LogP contribution in [0.1, 0.15) is 52.0 Å². The van der Waals surface area contributed by atoms with Gasteiger partial charge in [-0.1, -0.05) is 39.3 Å². The van der Waals surface area contributed by atoms with E-state index < -0.39 is 0 Å². The normalized spacial score (nSPS) is 30.2. The first-order valence-corrected chi connectivity index (χ1v) is 8.03. The first-order chi connectivity index (χ1) is 9.60. The predicted octanol–water partition coefficient (Wildman–Crippen LogP) is 4.20. The number of aliphatic hydroxyl groups is 1. The third-order valence-corrected chi connectivity index (χ3v) is 4.37. The Hall–Kier alpha value is -1.02. The second kappa shape index (κ2) is 7.12. The van der Waals surface area contributed by atoms with Gasteiger partial charge in [0.25, 0.3) is 0 Å². The highest BCUT2D eigenvalue weighted by molar-refractivity contribution is 5.27. The summed E-state index contributed by atoms with van der Waals surface area (Å²) in [4.78, 5) is 0. The highest BCUT2D eigenvalue weighted by Crippen LogP contribution is 2.32. The fourth-order valence-corrected chi connectivity index (χ4v) is 3.26. The van der Waals surface area contributed by atoms with E-state index >= 15 is 0 Å². The zero-order valence-electron chi connectivity index (χ0n) is 13.0. The van der Waals surface area contributed by atoms with E-state index in [2.05, 4.69) is 32.9 Å². The molecule has 0 radical (unpaired) electrons. The van der Waals surface area contributed by atoms with Gasteiger partial charge in [0.2, 0.25) is 0 Å². The van der Waals surface area contributed by atoms with Crippen LogP contribution in [0.5, 0.6) is 5.75 Å². The van der Waals surface area contributed by atoms with Gasteiger partial charge < -0.3 is 9.84 Å². The summed E-state index contributed by atoms with van der Waals surface area (Å²) in [6, 6.07) is 8.38. The lowest BCUT2D eigenvalue weighted by Crippen LogP contribution is -2.43. The molecular formula is C18H28O2. The van der Waals surface area contributed by atoms with Crippen molar-refractivity contribution in [1.29, 1.82) is 0 Å². The molecule has 0 amide bonds. The molecule has 4 unspecified atom stereocenters. The lowest BCUT2D eigenvalue weighted by Gasteiger charge is -2.36. The molecule has 2 rings (SSSR count). The molecule has 112 valence electrons. The first kappa shape index (κ1) is 15.4. The highest BCUT2D eigenvalue weighted by Gasteiger charge is 2.34. The number of ether oxygens (including phenoxy) is 1. The number of hydrogen-bond acceptors (Lipinski definition) is 2. The third-order valence-electron chi connectivity index (χ3n) is 4.37. The molecule has 4 atom stereocenters. The number of rotatable bonds is 5. The average molecular weight is 276 g/mol. The van der Waals surface area contributed by atoms with Crippen LogP contribution in [0.2, 0.25) is 0 Å². The minimum Gasteiger partial charge on any atom is -0.487 e. The molecule has 2 nitrogen and oxygen atoms in total. The molecule has 1 aliphatic rings. The van der Waals surface area contributed by atoms with Crippen LogP contribution < -0.4 is 4.74 Å². The maximum absolute atomic E-state index is 10.2. The van der Waals surface area contributed by atoms with Gasteiger partial charge in [0.15, 0.2) is 0 Å². The van der Waals surface area contributed by atoms with Gasteiger partial charge in [0.05, 0.1) is 6.10 Å². The van der Waals surface area contributed by atoms with Crippen molar-refractivity contribution in [2.45, 2.75) is 65.1 Å². The SMILES string of the molecule is CCCCc1ccc(OC2C(C)CC(C)CC2O)cc1. The first-order valence-electron chi connectivity index (χ1n) is 8.03. The Labute approximate surface area is 123 Å². The summed E-state index contributed by atoms with van der Waals surface area (Å²) in [7, 11) is 0. The summed E-state index contributed by atoms with van der Waals surface area (Å²) >= 11 is 0. The van der Waals surface area contributed by atoms with E-state index in [9.17, 15) is 5.11 Å². The van der Waals surface area contributed by atoms with Gasteiger partial charge in [-0.05, 0) is 55.2 Å². The van der Waals surface area contributed by atoms with Crippen molar-refractivity contribution in [2.75, 3.05) is 0 Å². The summed E-state index contributed by atoms with van der Waals surface area (Å²) in [6.07, 6.45) is 5.18. The van der Waals surface area contributed by atoms with Crippen LogP contribution >= 0.6 is 0 Å². The monoisotopic (exact) mass is 276 g/mol. The van der Waals surface area contributed by atoms with Crippen LogP contribution in [0, 0.1) is 11.8 Å². The van der Waals surface area contributed by atoms with Crippen molar-refractivity contribution in [3.8, 4) is 5.75 Å². The van der Waals surface area contributed by atoms with Crippen LogP contribution in [0.3, 0.4) is 0 Å². The lowest BCUT2D eigenvalue weighted by atomic mass is 9.79. The Morgan fingerprint density at radius 2 is 1.85 bits per heavy atom. The zero-order valence-corrected chi connectivity index (χ0v) is 13.0. The zero-order chi connectivity index (χ0) is 14.5. The second-order valence-electron chi connectivity index (χ2n) is 6.45. The molecule has 0 aromatic heterocycles. The molecule has 1 N–H and O–H groups in total. The van der Waals surface area contributed by atoms with Gasteiger partial charge in [-0.15, -0.1) is 0 Å². The fourth-order valence-electron chi connectivity index (χ4n) is 3.26. The Balaban J connectivity index is 1.95. The maximum Gasteiger partial charge on any atom is 0.127 e. The molecule has 0 heterocycles. The van der Waals surface area contributed by atoms with E-state index in [1.807, 2.05) is 12.1 Å². The van der Waals surface area contributed by atoms with Crippen LogP contribution in [0.25, 0.3) is 0 Å². The van der Waals surface area contributed by atoms with E-state index in [4.69, 9.17) is 4.74 Å². The Morgan fingerprint density at radius 1 is 1.15 bits per heavy atom. The van der Waals surface area contributed by atoms with Gasteiger partial charge in [-0.2, -0.15) is 0 Å². The number of aryl methyl sites for hydroxylation is 1. The Morgan fingerprint density at radius 3 is 2.45 bits per heavy atom. The fraction of sp³-hybridized carbons (Fsp3) is 0.667. The molecule has 1 aromatic carbocycles. The molecule has 20 heavy (non-hydrogen) atoms. The summed E-state index contributed by atoms with van der Waals surface area (Å²) in [5, 5.41) is 10.2. The smallest absolute Gasteiger partial charge is 0.127 e. The molecule has 0 saturated heterocycles. The lowest BCUT2D eigenvalue weighted by molar-refractivity contribution is -0.0388. The van der Waals surface area contributed by atoms with Crippen molar-refractivity contribution in [3.63, 3.8) is 0 Å². The molecule has 1 aliphatic carbocycles. The number of benzene rings is 1. The molecule has 1 fully saturated rings. The van der Waals surface area contributed by atoms with Crippen LogP contribution in [0.4, 0.5) is 0 Å². The predicted molar refractivity (Wildman–Crippen MR) is 83.0 cm³/mol. The van der Waals surface area contributed by atoms with Crippen LogP contribution in [-0.4, -0.2) is 17.3 Å². The minimum absolute atomic E-state index is 0.0623. The van der Waals surface area contributed by atoms with Crippen LogP contribution in [-0.2, 0) is 6.42 Å².